The predicted octanol–water partition coefficient (Wildman–Crippen LogP) is 1.19. The number of epoxide rings is 1. The number of hydrogen-bond donors (Lipinski definition) is 6. The highest BCUT2D eigenvalue weighted by Gasteiger charge is 2.91. The second kappa shape index (κ2) is 18.0. The van der Waals surface area contributed by atoms with E-state index in [0.717, 1.165) is 25.7 Å². The van der Waals surface area contributed by atoms with E-state index in [1.807, 2.05) is 13.8 Å². The quantitative estimate of drug-likeness (QED) is 0.0697. The summed E-state index contributed by atoms with van der Waals surface area (Å²) in [6, 6.07) is 0. The van der Waals surface area contributed by atoms with Crippen LogP contribution in [0.3, 0.4) is 0 Å². The van der Waals surface area contributed by atoms with Crippen LogP contribution >= 0.6 is 0 Å². The lowest BCUT2D eigenvalue weighted by molar-refractivity contribution is -0.371. The van der Waals surface area contributed by atoms with Crippen LogP contribution in [0.15, 0.2) is 11.6 Å². The van der Waals surface area contributed by atoms with Crippen LogP contribution in [0.5, 0.6) is 0 Å². The van der Waals surface area contributed by atoms with Crippen molar-refractivity contribution < 1.29 is 87.6 Å². The number of esters is 1. The number of Topliss-reactive ketones (excluding diaryl/α,β-unsaturated/α-hetero) is 1. The van der Waals surface area contributed by atoms with Crippen molar-refractivity contribution in [3.05, 3.63) is 11.6 Å². The molecule has 4 saturated heterocycles. The van der Waals surface area contributed by atoms with Crippen LogP contribution < -0.4 is 0 Å². The summed E-state index contributed by atoms with van der Waals surface area (Å²) in [5.74, 6) is -0.964. The molecule has 4 heterocycles. The van der Waals surface area contributed by atoms with E-state index in [2.05, 4.69) is 6.92 Å². The van der Waals surface area contributed by atoms with Gasteiger partial charge >= 0.3 is 5.97 Å². The maximum atomic E-state index is 13.5. The maximum Gasteiger partial charge on any atom is 0.333 e. The smallest absolute Gasteiger partial charge is 0.333 e. The fourth-order valence-electron chi connectivity index (χ4n) is 13.8. The molecule has 6 N–H and O–H groups in total. The molecule has 8 aliphatic rings. The summed E-state index contributed by atoms with van der Waals surface area (Å²) in [5.41, 5.74) is -2.07. The van der Waals surface area contributed by atoms with Gasteiger partial charge in [0.25, 0.3) is 0 Å². The van der Waals surface area contributed by atoms with E-state index in [-0.39, 0.29) is 29.1 Å². The van der Waals surface area contributed by atoms with Gasteiger partial charge in [-0.05, 0) is 90.9 Å². The molecule has 0 bridgehead atoms. The zero-order valence-electron chi connectivity index (χ0n) is 38.6. The molecule has 4 aliphatic heterocycles. The highest BCUT2D eigenvalue weighted by atomic mass is 16.8. The van der Waals surface area contributed by atoms with Crippen molar-refractivity contribution in [1.82, 2.24) is 0 Å². The molecule has 364 valence electrons. The summed E-state index contributed by atoms with van der Waals surface area (Å²) in [7, 11) is 2.95. The molecule has 64 heavy (non-hydrogen) atoms. The van der Waals surface area contributed by atoms with Crippen LogP contribution in [0.25, 0.3) is 0 Å². The number of ether oxygens (including phenoxy) is 10. The minimum atomic E-state index is -1.66. The van der Waals surface area contributed by atoms with Crippen LogP contribution in [0.1, 0.15) is 99.8 Å². The first-order chi connectivity index (χ1) is 30.3. The van der Waals surface area contributed by atoms with Crippen LogP contribution in [0.2, 0.25) is 0 Å². The van der Waals surface area contributed by atoms with E-state index in [4.69, 9.17) is 47.4 Å². The first-order valence-electron chi connectivity index (χ1n) is 23.3. The second-order valence-corrected chi connectivity index (χ2v) is 20.4. The Balaban J connectivity index is 0.920. The minimum Gasteiger partial charge on any atom is -0.456 e. The molecule has 18 nitrogen and oxygen atoms in total. The predicted molar refractivity (Wildman–Crippen MR) is 221 cm³/mol. The fraction of sp³-hybridized carbons (Fsp3) is 0.913. The largest absolute Gasteiger partial charge is 0.456 e. The first kappa shape index (κ1) is 48.7. The van der Waals surface area contributed by atoms with Gasteiger partial charge in [-0.15, -0.1) is 0 Å². The average Bonchev–Trinajstić information content (AvgIpc) is 3.81. The lowest BCUT2D eigenvalue weighted by atomic mass is 9.43. The zero-order valence-corrected chi connectivity index (χ0v) is 38.6. The molecule has 8 fully saturated rings. The van der Waals surface area contributed by atoms with Gasteiger partial charge in [0.15, 0.2) is 18.9 Å². The van der Waals surface area contributed by atoms with E-state index < -0.39 is 133 Å². The van der Waals surface area contributed by atoms with Crippen LogP contribution in [-0.2, 0) is 57.0 Å². The van der Waals surface area contributed by atoms with Crippen molar-refractivity contribution in [1.29, 1.82) is 0 Å². The van der Waals surface area contributed by atoms with Crippen molar-refractivity contribution in [2.45, 2.75) is 215 Å². The van der Waals surface area contributed by atoms with E-state index >= 15 is 0 Å². The monoisotopic (exact) mass is 912 g/mol. The molecule has 0 aromatic rings. The SMILES string of the molecule is CC=C(C)C(=O)OC1C2C3(C)CCC(OC4CC(OC)C(OC5OC(C)C(OC6OC(CO)C(O)C(O)C6O)C(OC)C5O)C(C)O4)CC3CCC23OC32CCC(C(C)=O)C2(C)C1O. The van der Waals surface area contributed by atoms with Gasteiger partial charge in [0.05, 0.1) is 31.0 Å². The summed E-state index contributed by atoms with van der Waals surface area (Å²) in [4.78, 5) is 26.6. The molecule has 4 saturated carbocycles. The van der Waals surface area contributed by atoms with Crippen molar-refractivity contribution in [2.24, 2.45) is 28.6 Å². The Kier molecular flexibility index (Phi) is 13.7. The molecule has 24 atom stereocenters. The molecule has 4 aliphatic carbocycles. The summed E-state index contributed by atoms with van der Waals surface area (Å²) in [6.07, 6.45) is -10.4. The summed E-state index contributed by atoms with van der Waals surface area (Å²) < 4.78 is 62.2. The normalized spacial score (nSPS) is 53.6. The van der Waals surface area contributed by atoms with Crippen LogP contribution in [-0.4, -0.2) is 179 Å². The molecule has 24 unspecified atom stereocenters. The summed E-state index contributed by atoms with van der Waals surface area (Å²) >= 11 is 0. The molecule has 0 amide bonds. The summed E-state index contributed by atoms with van der Waals surface area (Å²) in [6.45, 7) is 12.2. The zero-order chi connectivity index (χ0) is 46.4. The molecular weight excluding hydrogens is 840 g/mol. The summed E-state index contributed by atoms with van der Waals surface area (Å²) in [5, 5.41) is 64.6. The Morgan fingerprint density at radius 1 is 0.750 bits per heavy atom. The number of allylic oxidation sites excluding steroid dienone is 1. The van der Waals surface area contributed by atoms with Gasteiger partial charge < -0.3 is 78.0 Å². The Bertz CT molecular complexity index is 1750. The Labute approximate surface area is 375 Å². The van der Waals surface area contributed by atoms with Crippen molar-refractivity contribution in [3.63, 3.8) is 0 Å². The second-order valence-electron chi connectivity index (χ2n) is 20.4. The number of methoxy groups -OCH3 is 2. The topological polar surface area (TPSA) is 251 Å². The first-order valence-corrected chi connectivity index (χ1v) is 23.3. The third-order valence-electron chi connectivity index (χ3n) is 17.4. The van der Waals surface area contributed by atoms with Crippen LogP contribution in [0, 0.1) is 28.6 Å². The molecule has 0 aromatic carbocycles. The van der Waals surface area contributed by atoms with Gasteiger partial charge in [-0.2, -0.15) is 0 Å². The molecule has 0 radical (unpaired) electrons. The third-order valence-corrected chi connectivity index (χ3v) is 17.4. The number of carbonyl (C=O) groups excluding carboxylic acids is 2. The highest BCUT2D eigenvalue weighted by molar-refractivity contribution is 5.88. The van der Waals surface area contributed by atoms with E-state index in [0.29, 0.717) is 31.3 Å². The van der Waals surface area contributed by atoms with Gasteiger partial charge in [-0.1, -0.05) is 19.9 Å². The number of ketones is 1. The number of aliphatic hydroxyl groups is 6. The number of fused-ring (bicyclic) bond motifs is 2. The van der Waals surface area contributed by atoms with Crippen LogP contribution in [0.4, 0.5) is 0 Å². The fourth-order valence-corrected chi connectivity index (χ4v) is 13.8. The lowest BCUT2D eigenvalue weighted by Crippen LogP contribution is -2.70. The molecule has 8 rings (SSSR count). The van der Waals surface area contributed by atoms with Gasteiger partial charge in [0.1, 0.15) is 78.0 Å². The third kappa shape index (κ3) is 7.48. The molecular formula is C46H72O18. The Morgan fingerprint density at radius 2 is 1.44 bits per heavy atom. The minimum absolute atomic E-state index is 0.0215. The van der Waals surface area contributed by atoms with E-state index in [1.165, 1.54) is 7.11 Å². The van der Waals surface area contributed by atoms with Gasteiger partial charge in [-0.25, -0.2) is 4.79 Å². The molecule has 18 heteroatoms. The highest BCUT2D eigenvalue weighted by Crippen LogP contribution is 2.81. The maximum absolute atomic E-state index is 13.5. The number of hydrogen-bond acceptors (Lipinski definition) is 18. The Hall–Kier alpha value is -1.72. The number of rotatable bonds is 12. The van der Waals surface area contributed by atoms with Crippen molar-refractivity contribution >= 4 is 11.8 Å². The van der Waals surface area contributed by atoms with E-state index in [1.54, 1.807) is 40.9 Å². The van der Waals surface area contributed by atoms with Crippen molar-refractivity contribution in [2.75, 3.05) is 20.8 Å². The lowest BCUT2D eigenvalue weighted by Gasteiger charge is -2.61. The van der Waals surface area contributed by atoms with Crippen molar-refractivity contribution in [3.8, 4) is 0 Å². The van der Waals surface area contributed by atoms with Gasteiger partial charge in [0, 0.05) is 43.5 Å². The molecule has 0 aromatic heterocycles. The number of carbonyl (C=O) groups is 2. The molecule has 2 spiro atoms. The van der Waals surface area contributed by atoms with E-state index in [9.17, 15) is 40.2 Å². The Morgan fingerprint density at radius 3 is 2.09 bits per heavy atom. The van der Waals surface area contributed by atoms with Gasteiger partial charge in [-0.3, -0.25) is 4.79 Å². The average molecular weight is 913 g/mol. The standard InChI is InChI=1S/C46H72O18/c1-10-20(2)40(54)61-37-38-43(6)14-12-25(17-24(43)11-15-45(38)46(64-45)16-13-26(21(3)48)44(46,7)39(37)53)59-29-18-27(55-8)34(22(4)57-29)62-42-33(52)36(56-9)35(23(5)58-42)63-41-32(51)31(50)30(49)28(19-47)60-41/h10,22-39,41-42,47,49-53H,11-19H2,1-9H3. The van der Waals surface area contributed by atoms with Gasteiger partial charge in [0.2, 0.25) is 0 Å². The number of aliphatic hydroxyl groups excluding tert-OH is 6.